The maximum atomic E-state index is 11.6. The van der Waals surface area contributed by atoms with Crippen LogP contribution in [0.2, 0.25) is 0 Å². The van der Waals surface area contributed by atoms with Crippen LogP contribution in [-0.2, 0) is 11.2 Å². The lowest BCUT2D eigenvalue weighted by atomic mass is 9.87. The molecule has 1 aliphatic carbocycles. The minimum Gasteiger partial charge on any atom is -0.462 e. The molecule has 4 heteroatoms. The zero-order chi connectivity index (χ0) is 11.5. The Hall–Kier alpha value is -1.06. The first kappa shape index (κ1) is 14.0. The second-order valence-corrected chi connectivity index (χ2v) is 4.13. The zero-order valence-electron chi connectivity index (χ0n) is 9.94. The highest BCUT2D eigenvalue weighted by Gasteiger charge is 2.18. The van der Waals surface area contributed by atoms with E-state index >= 15 is 0 Å². The third kappa shape index (κ3) is 2.99. The van der Waals surface area contributed by atoms with E-state index in [1.54, 1.807) is 0 Å². The summed E-state index contributed by atoms with van der Waals surface area (Å²) >= 11 is 0. The second kappa shape index (κ2) is 6.03. The molecule has 1 aromatic rings. The number of rotatable bonds is 2. The second-order valence-electron chi connectivity index (χ2n) is 4.13. The van der Waals surface area contributed by atoms with Crippen LogP contribution in [0.1, 0.15) is 47.3 Å². The quantitative estimate of drug-likeness (QED) is 0.827. The van der Waals surface area contributed by atoms with Crippen LogP contribution in [-0.4, -0.2) is 12.6 Å². The van der Waals surface area contributed by atoms with E-state index < -0.39 is 0 Å². The van der Waals surface area contributed by atoms with Crippen molar-refractivity contribution in [2.24, 2.45) is 5.73 Å². The van der Waals surface area contributed by atoms with Gasteiger partial charge in [-0.15, -0.1) is 12.4 Å². The van der Waals surface area contributed by atoms with Crippen LogP contribution in [0, 0.1) is 0 Å². The average molecular weight is 256 g/mol. The van der Waals surface area contributed by atoms with Crippen molar-refractivity contribution in [3.05, 3.63) is 34.9 Å². The number of esters is 1. The molecule has 3 nitrogen and oxygen atoms in total. The van der Waals surface area contributed by atoms with E-state index in [2.05, 4.69) is 0 Å². The Kier molecular flexibility index (Phi) is 4.97. The van der Waals surface area contributed by atoms with Crippen LogP contribution in [0.4, 0.5) is 0 Å². The van der Waals surface area contributed by atoms with Gasteiger partial charge in [-0.05, 0) is 49.4 Å². The highest BCUT2D eigenvalue weighted by molar-refractivity contribution is 5.89. The molecule has 0 spiro atoms. The van der Waals surface area contributed by atoms with Crippen LogP contribution >= 0.6 is 12.4 Å². The summed E-state index contributed by atoms with van der Waals surface area (Å²) in [7, 11) is 0. The van der Waals surface area contributed by atoms with E-state index in [0.717, 1.165) is 24.8 Å². The van der Waals surface area contributed by atoms with E-state index in [9.17, 15) is 4.79 Å². The molecule has 0 saturated heterocycles. The normalized spacial score (nSPS) is 17.9. The standard InChI is InChI=1S/C13H17NO2.ClH/c1-2-16-13(15)10-7-6-9-4-3-5-12(14)11(9)8-10;/h6-8,12H,2-5,14H2,1H3;1H/t12-;/m1./s1. The number of carbonyl (C=O) groups is 1. The molecule has 17 heavy (non-hydrogen) atoms. The molecule has 0 heterocycles. The van der Waals surface area contributed by atoms with Crippen molar-refractivity contribution in [3.63, 3.8) is 0 Å². The summed E-state index contributed by atoms with van der Waals surface area (Å²) in [6.07, 6.45) is 3.19. The van der Waals surface area contributed by atoms with Crippen LogP contribution < -0.4 is 5.73 Å². The monoisotopic (exact) mass is 255 g/mol. The van der Waals surface area contributed by atoms with Gasteiger partial charge in [-0.25, -0.2) is 4.79 Å². The topological polar surface area (TPSA) is 52.3 Å². The summed E-state index contributed by atoms with van der Waals surface area (Å²) in [5.74, 6) is -0.261. The highest BCUT2D eigenvalue weighted by atomic mass is 35.5. The van der Waals surface area contributed by atoms with Gasteiger partial charge in [0, 0.05) is 6.04 Å². The van der Waals surface area contributed by atoms with Crippen molar-refractivity contribution in [1.29, 1.82) is 0 Å². The molecular weight excluding hydrogens is 238 g/mol. The Labute approximate surface area is 108 Å². The third-order valence-corrected chi connectivity index (χ3v) is 3.02. The number of aryl methyl sites for hydroxylation is 1. The summed E-state index contributed by atoms with van der Waals surface area (Å²) in [5, 5.41) is 0. The first-order valence-corrected chi connectivity index (χ1v) is 5.78. The summed E-state index contributed by atoms with van der Waals surface area (Å²) in [4.78, 5) is 11.6. The number of ether oxygens (including phenoxy) is 1. The number of carbonyl (C=O) groups excluding carboxylic acids is 1. The zero-order valence-corrected chi connectivity index (χ0v) is 10.8. The van der Waals surface area contributed by atoms with Crippen molar-refractivity contribution in [2.45, 2.75) is 32.2 Å². The van der Waals surface area contributed by atoms with Gasteiger partial charge in [0.15, 0.2) is 0 Å². The fourth-order valence-corrected chi connectivity index (χ4v) is 2.18. The van der Waals surface area contributed by atoms with Crippen LogP contribution in [0.25, 0.3) is 0 Å². The minimum absolute atomic E-state index is 0. The van der Waals surface area contributed by atoms with Crippen molar-refractivity contribution in [1.82, 2.24) is 0 Å². The predicted octanol–water partition coefficient (Wildman–Crippen LogP) is 2.62. The lowest BCUT2D eigenvalue weighted by Gasteiger charge is -2.22. The predicted molar refractivity (Wildman–Crippen MR) is 69.5 cm³/mol. The van der Waals surface area contributed by atoms with Crippen molar-refractivity contribution >= 4 is 18.4 Å². The minimum atomic E-state index is -0.261. The van der Waals surface area contributed by atoms with Gasteiger partial charge in [0.2, 0.25) is 0 Å². The SMILES string of the molecule is CCOC(=O)c1ccc2c(c1)[C@H](N)CCC2.Cl. The molecule has 0 aromatic heterocycles. The highest BCUT2D eigenvalue weighted by Crippen LogP contribution is 2.28. The largest absolute Gasteiger partial charge is 0.462 e. The fraction of sp³-hybridized carbons (Fsp3) is 0.462. The molecule has 1 aliphatic rings. The Balaban J connectivity index is 0.00000144. The molecule has 0 aliphatic heterocycles. The molecule has 94 valence electrons. The van der Waals surface area contributed by atoms with Crippen molar-refractivity contribution in [2.75, 3.05) is 6.61 Å². The Morgan fingerprint density at radius 2 is 2.29 bits per heavy atom. The van der Waals surface area contributed by atoms with Gasteiger partial charge in [0.05, 0.1) is 12.2 Å². The van der Waals surface area contributed by atoms with Gasteiger partial charge in [-0.3, -0.25) is 0 Å². The smallest absolute Gasteiger partial charge is 0.338 e. The molecule has 0 bridgehead atoms. The molecular formula is C13H18ClNO2. The molecule has 2 N–H and O–H groups in total. The van der Waals surface area contributed by atoms with Gasteiger partial charge in [-0.2, -0.15) is 0 Å². The van der Waals surface area contributed by atoms with E-state index in [1.165, 1.54) is 5.56 Å². The fourth-order valence-electron chi connectivity index (χ4n) is 2.18. The number of benzene rings is 1. The summed E-state index contributed by atoms with van der Waals surface area (Å²) in [5.41, 5.74) is 9.02. The Morgan fingerprint density at radius 3 is 3.00 bits per heavy atom. The maximum absolute atomic E-state index is 11.6. The Morgan fingerprint density at radius 1 is 1.53 bits per heavy atom. The first-order chi connectivity index (χ1) is 7.72. The number of nitrogens with two attached hydrogens (primary N) is 1. The summed E-state index contributed by atoms with van der Waals surface area (Å²) in [6.45, 7) is 2.21. The first-order valence-electron chi connectivity index (χ1n) is 5.78. The van der Waals surface area contributed by atoms with Crippen LogP contribution in [0.15, 0.2) is 18.2 Å². The molecule has 0 saturated carbocycles. The van der Waals surface area contributed by atoms with Gasteiger partial charge in [0.1, 0.15) is 0 Å². The lowest BCUT2D eigenvalue weighted by molar-refractivity contribution is 0.0526. The molecule has 1 atom stereocenters. The van der Waals surface area contributed by atoms with E-state index in [1.807, 2.05) is 25.1 Å². The molecule has 0 unspecified atom stereocenters. The molecule has 1 aromatic carbocycles. The molecule has 0 radical (unpaired) electrons. The van der Waals surface area contributed by atoms with Crippen LogP contribution in [0.3, 0.4) is 0 Å². The molecule has 0 amide bonds. The summed E-state index contributed by atoms with van der Waals surface area (Å²) < 4.78 is 4.97. The van der Waals surface area contributed by atoms with E-state index in [-0.39, 0.29) is 24.4 Å². The van der Waals surface area contributed by atoms with E-state index in [4.69, 9.17) is 10.5 Å². The summed E-state index contributed by atoms with van der Waals surface area (Å²) in [6, 6.07) is 5.78. The van der Waals surface area contributed by atoms with Gasteiger partial charge < -0.3 is 10.5 Å². The average Bonchev–Trinajstić information content (AvgIpc) is 2.29. The van der Waals surface area contributed by atoms with Crippen molar-refractivity contribution in [3.8, 4) is 0 Å². The Bertz CT molecular complexity index is 406. The number of hydrogen-bond donors (Lipinski definition) is 1. The van der Waals surface area contributed by atoms with Gasteiger partial charge in [0.25, 0.3) is 0 Å². The third-order valence-electron chi connectivity index (χ3n) is 3.02. The molecule has 0 fully saturated rings. The number of hydrogen-bond acceptors (Lipinski definition) is 3. The van der Waals surface area contributed by atoms with Gasteiger partial charge in [-0.1, -0.05) is 6.07 Å². The van der Waals surface area contributed by atoms with Gasteiger partial charge >= 0.3 is 5.97 Å². The number of halogens is 1. The number of fused-ring (bicyclic) bond motifs is 1. The van der Waals surface area contributed by atoms with Crippen molar-refractivity contribution < 1.29 is 9.53 Å². The van der Waals surface area contributed by atoms with E-state index in [0.29, 0.717) is 12.2 Å². The van der Waals surface area contributed by atoms with Crippen LogP contribution in [0.5, 0.6) is 0 Å². The maximum Gasteiger partial charge on any atom is 0.338 e. The molecule has 2 rings (SSSR count). The lowest BCUT2D eigenvalue weighted by Crippen LogP contribution is -2.18.